The van der Waals surface area contributed by atoms with E-state index in [4.69, 9.17) is 4.52 Å². The van der Waals surface area contributed by atoms with E-state index < -0.39 is 0 Å². The molecule has 0 aliphatic heterocycles. The van der Waals surface area contributed by atoms with Crippen molar-refractivity contribution < 1.29 is 9.32 Å². The molecule has 5 nitrogen and oxygen atoms in total. The third-order valence-corrected chi connectivity index (χ3v) is 6.39. The first-order valence-corrected chi connectivity index (χ1v) is 10.8. The Kier molecular flexibility index (Phi) is 5.45. The molecule has 0 bridgehead atoms. The number of anilines is 1. The predicted octanol–water partition coefficient (Wildman–Crippen LogP) is 5.44. The van der Waals surface area contributed by atoms with Crippen LogP contribution < -0.4 is 5.32 Å². The van der Waals surface area contributed by atoms with Gasteiger partial charge in [0.05, 0.1) is 21.7 Å². The van der Waals surface area contributed by atoms with Gasteiger partial charge in [0.25, 0.3) is 0 Å². The molecule has 0 radical (unpaired) electrons. The SMILES string of the molecule is Cc1noc(C)c1CSCC(=O)Nc1cccc(-c2nc3ccccc3s2)c1. The van der Waals surface area contributed by atoms with Gasteiger partial charge in [-0.25, -0.2) is 4.98 Å². The van der Waals surface area contributed by atoms with Gasteiger partial charge in [0.1, 0.15) is 10.8 Å². The zero-order chi connectivity index (χ0) is 19.5. The fourth-order valence-electron chi connectivity index (χ4n) is 2.88. The summed E-state index contributed by atoms with van der Waals surface area (Å²) < 4.78 is 6.31. The summed E-state index contributed by atoms with van der Waals surface area (Å²) in [5.41, 5.74) is 4.72. The quantitative estimate of drug-likeness (QED) is 0.459. The molecule has 2 heterocycles. The molecule has 2 aromatic heterocycles. The van der Waals surface area contributed by atoms with Crippen molar-refractivity contribution in [1.29, 1.82) is 0 Å². The van der Waals surface area contributed by atoms with Crippen LogP contribution in [0.2, 0.25) is 0 Å². The van der Waals surface area contributed by atoms with E-state index in [0.29, 0.717) is 11.5 Å². The predicted molar refractivity (Wildman–Crippen MR) is 116 cm³/mol. The molecular formula is C21H19N3O2S2. The summed E-state index contributed by atoms with van der Waals surface area (Å²) in [7, 11) is 0. The summed E-state index contributed by atoms with van der Waals surface area (Å²) >= 11 is 3.20. The van der Waals surface area contributed by atoms with Crippen LogP contribution in [-0.2, 0) is 10.5 Å². The summed E-state index contributed by atoms with van der Waals surface area (Å²) in [6.45, 7) is 3.81. The molecule has 0 unspecified atom stereocenters. The van der Waals surface area contributed by atoms with Gasteiger partial charge in [-0.3, -0.25) is 4.79 Å². The topological polar surface area (TPSA) is 68.0 Å². The number of carbonyl (C=O) groups excluding carboxylic acids is 1. The average Bonchev–Trinajstić information content (AvgIpc) is 3.26. The maximum Gasteiger partial charge on any atom is 0.234 e. The lowest BCUT2D eigenvalue weighted by Gasteiger charge is -2.06. The van der Waals surface area contributed by atoms with Crippen LogP contribution in [0.15, 0.2) is 53.1 Å². The van der Waals surface area contributed by atoms with Crippen LogP contribution in [0.3, 0.4) is 0 Å². The van der Waals surface area contributed by atoms with Gasteiger partial charge in [-0.2, -0.15) is 0 Å². The lowest BCUT2D eigenvalue weighted by atomic mass is 10.2. The molecule has 0 fully saturated rings. The standard InChI is InChI=1S/C21H19N3O2S2/c1-13-17(14(2)26-24-13)11-27-12-20(25)22-16-7-5-6-15(10-16)21-23-18-8-3-4-9-19(18)28-21/h3-10H,11-12H2,1-2H3,(H,22,25). The third kappa shape index (κ3) is 4.10. The average molecular weight is 410 g/mol. The van der Waals surface area contributed by atoms with Crippen molar-refractivity contribution in [3.8, 4) is 10.6 Å². The highest BCUT2D eigenvalue weighted by atomic mass is 32.2. The minimum absolute atomic E-state index is 0.0294. The van der Waals surface area contributed by atoms with Crippen LogP contribution in [0.4, 0.5) is 5.69 Å². The number of nitrogens with one attached hydrogen (secondary N) is 1. The lowest BCUT2D eigenvalue weighted by molar-refractivity contribution is -0.113. The zero-order valence-electron chi connectivity index (χ0n) is 15.6. The molecule has 0 spiro atoms. The minimum Gasteiger partial charge on any atom is -0.361 e. The molecule has 0 aliphatic carbocycles. The number of para-hydroxylation sites is 1. The van der Waals surface area contributed by atoms with E-state index in [1.165, 1.54) is 0 Å². The van der Waals surface area contributed by atoms with Crippen molar-refractivity contribution in [2.75, 3.05) is 11.1 Å². The van der Waals surface area contributed by atoms with E-state index in [1.54, 1.807) is 23.1 Å². The maximum absolute atomic E-state index is 12.3. The van der Waals surface area contributed by atoms with Crippen LogP contribution in [0, 0.1) is 13.8 Å². The first kappa shape index (κ1) is 18.7. The Morgan fingerprint density at radius 2 is 2.04 bits per heavy atom. The molecule has 4 rings (SSSR count). The number of thioether (sulfide) groups is 1. The Labute approximate surface area is 171 Å². The molecule has 142 valence electrons. The molecule has 28 heavy (non-hydrogen) atoms. The Balaban J connectivity index is 1.39. The third-order valence-electron chi connectivity index (χ3n) is 4.35. The summed E-state index contributed by atoms with van der Waals surface area (Å²) in [4.78, 5) is 17.0. The maximum atomic E-state index is 12.3. The lowest BCUT2D eigenvalue weighted by Crippen LogP contribution is -2.14. The number of aromatic nitrogens is 2. The minimum atomic E-state index is -0.0294. The Bertz CT molecular complexity index is 1080. The number of rotatable bonds is 6. The molecule has 4 aromatic rings. The fraction of sp³-hybridized carbons (Fsp3) is 0.190. The number of fused-ring (bicyclic) bond motifs is 1. The van der Waals surface area contributed by atoms with Gasteiger partial charge in [-0.1, -0.05) is 29.4 Å². The van der Waals surface area contributed by atoms with Gasteiger partial charge < -0.3 is 9.84 Å². The van der Waals surface area contributed by atoms with Crippen molar-refractivity contribution in [1.82, 2.24) is 10.1 Å². The van der Waals surface area contributed by atoms with E-state index in [0.717, 1.165) is 43.5 Å². The molecule has 0 atom stereocenters. The normalized spacial score (nSPS) is 11.1. The first-order valence-electron chi connectivity index (χ1n) is 8.85. The number of nitrogens with zero attached hydrogens (tertiary/aromatic N) is 2. The Morgan fingerprint density at radius 3 is 2.82 bits per heavy atom. The van der Waals surface area contributed by atoms with Gasteiger partial charge >= 0.3 is 0 Å². The van der Waals surface area contributed by atoms with E-state index >= 15 is 0 Å². The monoisotopic (exact) mass is 409 g/mol. The molecule has 1 amide bonds. The second-order valence-corrected chi connectivity index (χ2v) is 8.43. The van der Waals surface area contributed by atoms with Crippen LogP contribution in [0.1, 0.15) is 17.0 Å². The molecule has 2 aromatic carbocycles. The fourth-order valence-corrected chi connectivity index (χ4v) is 4.81. The molecule has 7 heteroatoms. The van der Waals surface area contributed by atoms with Crippen molar-refractivity contribution in [3.05, 3.63) is 65.5 Å². The van der Waals surface area contributed by atoms with E-state index in [-0.39, 0.29) is 5.91 Å². The number of aryl methyl sites for hydroxylation is 2. The highest BCUT2D eigenvalue weighted by molar-refractivity contribution is 7.99. The number of amides is 1. The number of hydrogen-bond acceptors (Lipinski definition) is 6. The van der Waals surface area contributed by atoms with Crippen LogP contribution in [0.5, 0.6) is 0 Å². The van der Waals surface area contributed by atoms with Crippen LogP contribution in [-0.4, -0.2) is 21.8 Å². The molecule has 0 saturated heterocycles. The first-order chi connectivity index (χ1) is 13.6. The largest absolute Gasteiger partial charge is 0.361 e. The van der Waals surface area contributed by atoms with Crippen molar-refractivity contribution >= 4 is 44.9 Å². The smallest absolute Gasteiger partial charge is 0.234 e. The van der Waals surface area contributed by atoms with Gasteiger partial charge in [0.2, 0.25) is 5.91 Å². The number of thiazole rings is 1. The van der Waals surface area contributed by atoms with E-state index in [2.05, 4.69) is 21.5 Å². The number of hydrogen-bond donors (Lipinski definition) is 1. The van der Waals surface area contributed by atoms with E-state index in [1.807, 2.05) is 56.3 Å². The summed E-state index contributed by atoms with van der Waals surface area (Å²) in [6.07, 6.45) is 0. The summed E-state index contributed by atoms with van der Waals surface area (Å²) in [5, 5.41) is 7.86. The highest BCUT2D eigenvalue weighted by Crippen LogP contribution is 2.31. The molecular weight excluding hydrogens is 390 g/mol. The Morgan fingerprint density at radius 1 is 1.18 bits per heavy atom. The molecule has 1 N–H and O–H groups in total. The molecule has 0 saturated carbocycles. The number of benzene rings is 2. The van der Waals surface area contributed by atoms with Crippen molar-refractivity contribution in [3.63, 3.8) is 0 Å². The van der Waals surface area contributed by atoms with Crippen LogP contribution >= 0.6 is 23.1 Å². The second-order valence-electron chi connectivity index (χ2n) is 6.41. The van der Waals surface area contributed by atoms with Gasteiger partial charge in [0.15, 0.2) is 0 Å². The second kappa shape index (κ2) is 8.16. The van der Waals surface area contributed by atoms with Crippen molar-refractivity contribution in [2.45, 2.75) is 19.6 Å². The van der Waals surface area contributed by atoms with Gasteiger partial charge in [-0.15, -0.1) is 23.1 Å². The number of carbonyl (C=O) groups is 1. The highest BCUT2D eigenvalue weighted by Gasteiger charge is 2.11. The van der Waals surface area contributed by atoms with Gasteiger partial charge in [0, 0.05) is 22.6 Å². The van der Waals surface area contributed by atoms with E-state index in [9.17, 15) is 4.79 Å². The Hall–Kier alpha value is -2.64. The summed E-state index contributed by atoms with van der Waals surface area (Å²) in [5.74, 6) is 1.86. The molecule has 0 aliphatic rings. The zero-order valence-corrected chi connectivity index (χ0v) is 17.2. The van der Waals surface area contributed by atoms with Crippen LogP contribution in [0.25, 0.3) is 20.8 Å². The van der Waals surface area contributed by atoms with Gasteiger partial charge in [-0.05, 0) is 38.1 Å². The van der Waals surface area contributed by atoms with Crippen molar-refractivity contribution in [2.24, 2.45) is 0 Å². The summed E-state index contributed by atoms with van der Waals surface area (Å²) in [6, 6.07) is 15.9.